The summed E-state index contributed by atoms with van der Waals surface area (Å²) in [6, 6.07) is 3.67. The van der Waals surface area contributed by atoms with E-state index in [1.165, 1.54) is 0 Å². The number of ether oxygens (including phenoxy) is 2. The number of hydrogen-bond acceptors (Lipinski definition) is 4. The van der Waals surface area contributed by atoms with Crippen LogP contribution in [-0.4, -0.2) is 32.0 Å². The lowest BCUT2D eigenvalue weighted by Gasteiger charge is -2.17. The third-order valence-corrected chi connectivity index (χ3v) is 2.35. The minimum absolute atomic E-state index is 0.0317. The van der Waals surface area contributed by atoms with Crippen LogP contribution < -0.4 is 5.32 Å². The highest BCUT2D eigenvalue weighted by Crippen LogP contribution is 2.03. The number of amides is 1. The number of aryl methyl sites for hydroxylation is 1. The van der Waals surface area contributed by atoms with Crippen molar-refractivity contribution >= 4 is 5.91 Å². The highest BCUT2D eigenvalue weighted by Gasteiger charge is 2.10. The Morgan fingerprint density at radius 2 is 2.11 bits per heavy atom. The number of hydrogen-bond donors (Lipinski definition) is 1. The summed E-state index contributed by atoms with van der Waals surface area (Å²) >= 11 is 0. The molecule has 0 aliphatic rings. The lowest BCUT2D eigenvalue weighted by molar-refractivity contribution is -0.140. The van der Waals surface area contributed by atoms with Gasteiger partial charge in [-0.3, -0.25) is 4.79 Å². The van der Waals surface area contributed by atoms with Crippen LogP contribution in [0.15, 0.2) is 22.8 Å². The molecule has 102 valence electrons. The van der Waals surface area contributed by atoms with E-state index in [1.54, 1.807) is 6.26 Å². The molecule has 5 nitrogen and oxygen atoms in total. The van der Waals surface area contributed by atoms with E-state index in [0.717, 1.165) is 5.76 Å². The van der Waals surface area contributed by atoms with Gasteiger partial charge >= 0.3 is 0 Å². The van der Waals surface area contributed by atoms with E-state index in [0.29, 0.717) is 32.6 Å². The van der Waals surface area contributed by atoms with Crippen LogP contribution in [0.3, 0.4) is 0 Å². The minimum atomic E-state index is -0.368. The van der Waals surface area contributed by atoms with Crippen molar-refractivity contribution < 1.29 is 18.7 Å². The third-order valence-electron chi connectivity index (χ3n) is 2.35. The maximum atomic E-state index is 11.6. The molecule has 1 N–H and O–H groups in total. The number of carbonyl (C=O) groups excluding carboxylic acids is 1. The number of rotatable bonds is 9. The molecule has 0 spiro atoms. The van der Waals surface area contributed by atoms with Gasteiger partial charge in [0.15, 0.2) is 6.29 Å². The second kappa shape index (κ2) is 8.72. The summed E-state index contributed by atoms with van der Waals surface area (Å²) in [6.45, 7) is 5.29. The van der Waals surface area contributed by atoms with Crippen molar-refractivity contribution in [1.29, 1.82) is 0 Å². The summed E-state index contributed by atoms with van der Waals surface area (Å²) in [7, 11) is 0. The summed E-state index contributed by atoms with van der Waals surface area (Å²) in [5, 5.41) is 2.78. The smallest absolute Gasteiger partial charge is 0.220 e. The minimum Gasteiger partial charge on any atom is -0.469 e. The first-order valence-electron chi connectivity index (χ1n) is 6.28. The summed E-state index contributed by atoms with van der Waals surface area (Å²) in [5.74, 6) is 0.784. The average Bonchev–Trinajstić information content (AvgIpc) is 2.87. The quantitative estimate of drug-likeness (QED) is 0.683. The fourth-order valence-corrected chi connectivity index (χ4v) is 1.51. The molecule has 1 aromatic rings. The molecule has 18 heavy (non-hydrogen) atoms. The molecule has 0 unspecified atom stereocenters. The molecule has 0 fully saturated rings. The second-order valence-electron chi connectivity index (χ2n) is 3.72. The molecule has 0 atom stereocenters. The van der Waals surface area contributed by atoms with Crippen molar-refractivity contribution in [2.24, 2.45) is 0 Å². The fraction of sp³-hybridized carbons (Fsp3) is 0.615. The van der Waals surface area contributed by atoms with Crippen molar-refractivity contribution in [2.45, 2.75) is 33.0 Å². The Labute approximate surface area is 107 Å². The summed E-state index contributed by atoms with van der Waals surface area (Å²) < 4.78 is 15.8. The van der Waals surface area contributed by atoms with Crippen LogP contribution in [0.4, 0.5) is 0 Å². The molecule has 0 bridgehead atoms. The summed E-state index contributed by atoms with van der Waals surface area (Å²) in [4.78, 5) is 11.6. The normalized spacial score (nSPS) is 10.8. The van der Waals surface area contributed by atoms with Gasteiger partial charge in [-0.15, -0.1) is 0 Å². The van der Waals surface area contributed by atoms with Gasteiger partial charge in [0, 0.05) is 26.1 Å². The zero-order chi connectivity index (χ0) is 13.2. The number of nitrogens with one attached hydrogen (secondary N) is 1. The Morgan fingerprint density at radius 3 is 2.67 bits per heavy atom. The zero-order valence-corrected chi connectivity index (χ0v) is 11.0. The predicted octanol–water partition coefficient (Wildman–Crippen LogP) is 1.73. The van der Waals surface area contributed by atoms with E-state index in [4.69, 9.17) is 13.9 Å². The molecule has 5 heteroatoms. The molecule has 0 aliphatic carbocycles. The second-order valence-corrected chi connectivity index (χ2v) is 3.72. The van der Waals surface area contributed by atoms with Crippen molar-refractivity contribution in [3.8, 4) is 0 Å². The molecule has 0 radical (unpaired) electrons. The van der Waals surface area contributed by atoms with Gasteiger partial charge in [0.1, 0.15) is 5.76 Å². The molecule has 1 heterocycles. The molecule has 1 amide bonds. The highest BCUT2D eigenvalue weighted by molar-refractivity contribution is 5.76. The van der Waals surface area contributed by atoms with Gasteiger partial charge in [0.25, 0.3) is 0 Å². The Kier molecular flexibility index (Phi) is 7.13. The van der Waals surface area contributed by atoms with E-state index in [-0.39, 0.29) is 12.2 Å². The lowest BCUT2D eigenvalue weighted by atomic mass is 10.2. The average molecular weight is 255 g/mol. The van der Waals surface area contributed by atoms with Crippen molar-refractivity contribution in [3.63, 3.8) is 0 Å². The van der Waals surface area contributed by atoms with Gasteiger partial charge in [-0.1, -0.05) is 0 Å². The monoisotopic (exact) mass is 255 g/mol. The summed E-state index contributed by atoms with van der Waals surface area (Å²) in [6.07, 6.45) is 2.24. The first-order valence-corrected chi connectivity index (χ1v) is 6.28. The highest BCUT2D eigenvalue weighted by atomic mass is 16.7. The number of furan rings is 1. The van der Waals surface area contributed by atoms with Crippen LogP contribution in [-0.2, 0) is 20.7 Å². The molecule has 0 aromatic carbocycles. The van der Waals surface area contributed by atoms with Crippen LogP contribution in [0.25, 0.3) is 0 Å². The molecular formula is C13H21NO4. The van der Waals surface area contributed by atoms with Gasteiger partial charge in [0.05, 0.1) is 12.8 Å². The van der Waals surface area contributed by atoms with Crippen molar-refractivity contribution in [3.05, 3.63) is 24.2 Å². The van der Waals surface area contributed by atoms with Crippen molar-refractivity contribution in [2.75, 3.05) is 19.8 Å². The number of carbonyl (C=O) groups is 1. The SMILES string of the molecule is CCOC(CNC(=O)CCc1ccco1)OCC. The topological polar surface area (TPSA) is 60.7 Å². The summed E-state index contributed by atoms with van der Waals surface area (Å²) in [5.41, 5.74) is 0. The van der Waals surface area contributed by atoms with Crippen LogP contribution in [0.2, 0.25) is 0 Å². The standard InChI is InChI=1S/C13H21NO4/c1-3-16-13(17-4-2)10-14-12(15)8-7-11-6-5-9-18-11/h5-6,9,13H,3-4,7-8,10H2,1-2H3,(H,14,15). The third kappa shape index (κ3) is 5.84. The Morgan fingerprint density at radius 1 is 1.39 bits per heavy atom. The van der Waals surface area contributed by atoms with Crippen LogP contribution in [0.5, 0.6) is 0 Å². The van der Waals surface area contributed by atoms with Gasteiger partial charge in [-0.25, -0.2) is 0 Å². The van der Waals surface area contributed by atoms with E-state index in [9.17, 15) is 4.79 Å². The molecule has 1 rings (SSSR count). The Balaban J connectivity index is 2.18. The van der Waals surface area contributed by atoms with E-state index >= 15 is 0 Å². The van der Waals surface area contributed by atoms with E-state index < -0.39 is 0 Å². The van der Waals surface area contributed by atoms with Gasteiger partial charge in [-0.2, -0.15) is 0 Å². The zero-order valence-electron chi connectivity index (χ0n) is 11.0. The molecule has 0 aliphatic heterocycles. The van der Waals surface area contributed by atoms with Crippen LogP contribution >= 0.6 is 0 Å². The Hall–Kier alpha value is -1.33. The molecule has 0 saturated carbocycles. The van der Waals surface area contributed by atoms with Gasteiger partial charge in [-0.05, 0) is 26.0 Å². The van der Waals surface area contributed by atoms with Gasteiger partial charge in [0.2, 0.25) is 5.91 Å². The van der Waals surface area contributed by atoms with Crippen LogP contribution in [0, 0.1) is 0 Å². The van der Waals surface area contributed by atoms with Crippen LogP contribution in [0.1, 0.15) is 26.0 Å². The predicted molar refractivity (Wildman–Crippen MR) is 67.1 cm³/mol. The van der Waals surface area contributed by atoms with Gasteiger partial charge < -0.3 is 19.2 Å². The molecule has 1 aromatic heterocycles. The van der Waals surface area contributed by atoms with E-state index in [1.807, 2.05) is 26.0 Å². The molecular weight excluding hydrogens is 234 g/mol. The largest absolute Gasteiger partial charge is 0.469 e. The van der Waals surface area contributed by atoms with E-state index in [2.05, 4.69) is 5.32 Å². The fourth-order valence-electron chi connectivity index (χ4n) is 1.51. The maximum Gasteiger partial charge on any atom is 0.220 e. The Bertz CT molecular complexity index is 318. The maximum absolute atomic E-state index is 11.6. The molecule has 0 saturated heterocycles. The first-order chi connectivity index (χ1) is 8.76. The first kappa shape index (κ1) is 14.7. The van der Waals surface area contributed by atoms with Crippen molar-refractivity contribution in [1.82, 2.24) is 5.32 Å². The lowest BCUT2D eigenvalue weighted by Crippen LogP contribution is -2.35.